The lowest BCUT2D eigenvalue weighted by atomic mass is 9.89. The summed E-state index contributed by atoms with van der Waals surface area (Å²) < 4.78 is 5.93. The Hall–Kier alpha value is -3.23. The zero-order chi connectivity index (χ0) is 29.1. The Balaban J connectivity index is 1.43. The average Bonchev–Trinajstić information content (AvgIpc) is 3.48. The van der Waals surface area contributed by atoms with Crippen molar-refractivity contribution in [2.75, 3.05) is 6.54 Å². The van der Waals surface area contributed by atoms with E-state index in [9.17, 15) is 9.59 Å². The van der Waals surface area contributed by atoms with Gasteiger partial charge in [-0.1, -0.05) is 61.7 Å². The van der Waals surface area contributed by atoms with E-state index in [0.717, 1.165) is 29.1 Å². The zero-order valence-corrected chi connectivity index (χ0v) is 25.3. The molecule has 2 atom stereocenters. The van der Waals surface area contributed by atoms with Crippen LogP contribution in [0.3, 0.4) is 0 Å². The molecule has 4 rings (SSSR count). The summed E-state index contributed by atoms with van der Waals surface area (Å²) in [6.07, 6.45) is 7.05. The number of carbonyl (C=O) groups excluding carboxylic acids is 2. The number of nitrogens with zero attached hydrogens (tertiary/aromatic N) is 1. The molecule has 1 aliphatic rings. The molecule has 8 heteroatoms. The summed E-state index contributed by atoms with van der Waals surface area (Å²) in [7, 11) is 0. The van der Waals surface area contributed by atoms with Crippen molar-refractivity contribution in [1.29, 1.82) is 0 Å². The van der Waals surface area contributed by atoms with Gasteiger partial charge in [0.1, 0.15) is 18.4 Å². The Morgan fingerprint density at radius 1 is 0.927 bits per heavy atom. The van der Waals surface area contributed by atoms with Crippen LogP contribution in [-0.4, -0.2) is 41.0 Å². The van der Waals surface area contributed by atoms with Gasteiger partial charge in [-0.25, -0.2) is 4.98 Å². The maximum atomic E-state index is 13.7. The van der Waals surface area contributed by atoms with Crippen molar-refractivity contribution in [3.05, 3.63) is 82.3 Å². The molecule has 1 fully saturated rings. The number of hydrogen-bond donors (Lipinski definition) is 3. The summed E-state index contributed by atoms with van der Waals surface area (Å²) in [6, 6.07) is 16.6. The summed E-state index contributed by atoms with van der Waals surface area (Å²) in [5.41, 5.74) is 4.29. The molecule has 1 aromatic heterocycles. The normalized spacial score (nSPS) is 15.6. The van der Waals surface area contributed by atoms with Crippen molar-refractivity contribution < 1.29 is 14.3 Å². The Bertz CT molecular complexity index is 1200. The van der Waals surface area contributed by atoms with Crippen molar-refractivity contribution in [2.45, 2.75) is 89.9 Å². The number of hydrogen-bond acceptors (Lipinski definition) is 6. The van der Waals surface area contributed by atoms with Gasteiger partial charge in [0.15, 0.2) is 0 Å². The van der Waals surface area contributed by atoms with Gasteiger partial charge in [0.25, 0.3) is 0 Å². The van der Waals surface area contributed by atoms with Gasteiger partial charge >= 0.3 is 0 Å². The molecular formula is C33H44N4O3S. The Morgan fingerprint density at radius 2 is 1.66 bits per heavy atom. The molecule has 3 N–H and O–H groups in total. The van der Waals surface area contributed by atoms with Crippen LogP contribution in [0, 0.1) is 5.92 Å². The predicted octanol–water partition coefficient (Wildman–Crippen LogP) is 5.45. The van der Waals surface area contributed by atoms with Gasteiger partial charge in [-0.15, -0.1) is 11.3 Å². The average molecular weight is 577 g/mol. The van der Waals surface area contributed by atoms with E-state index in [0.29, 0.717) is 25.4 Å². The highest BCUT2D eigenvalue weighted by Crippen LogP contribution is 2.23. The van der Waals surface area contributed by atoms with E-state index in [-0.39, 0.29) is 11.8 Å². The van der Waals surface area contributed by atoms with Crippen LogP contribution in [0.4, 0.5) is 0 Å². The van der Waals surface area contributed by atoms with Gasteiger partial charge in [0, 0.05) is 23.8 Å². The third-order valence-corrected chi connectivity index (χ3v) is 7.97. The highest BCUT2D eigenvalue weighted by molar-refractivity contribution is 7.07. The Labute approximate surface area is 248 Å². The summed E-state index contributed by atoms with van der Waals surface area (Å²) in [4.78, 5) is 31.5. The number of thiazole rings is 1. The zero-order valence-electron chi connectivity index (χ0n) is 24.5. The van der Waals surface area contributed by atoms with E-state index >= 15 is 0 Å². The molecule has 0 bridgehead atoms. The first-order chi connectivity index (χ1) is 19.7. The minimum absolute atomic E-state index is 0.175. The molecule has 1 aliphatic carbocycles. The standard InChI is InChI=1S/C33H44N4O3S/c1-33(2,3)37-32(39)30(18-24-14-16-28(17-15-24)40-21-26-12-8-5-9-13-26)36-31(38)29(19-27-22-41-23-35-27)34-20-25-10-6-4-7-11-25/h5,8-9,12-17,22-23,25,29-30,34H,4,6-7,10-11,18-21H2,1-3H3,(H,36,38)(H,37,39). The van der Waals surface area contributed by atoms with Gasteiger partial charge < -0.3 is 20.7 Å². The van der Waals surface area contributed by atoms with Gasteiger partial charge in [-0.2, -0.15) is 0 Å². The van der Waals surface area contributed by atoms with Crippen LogP contribution in [0.25, 0.3) is 0 Å². The fourth-order valence-electron chi connectivity index (χ4n) is 5.14. The van der Waals surface area contributed by atoms with Crippen molar-refractivity contribution in [3.8, 4) is 5.75 Å². The van der Waals surface area contributed by atoms with E-state index < -0.39 is 17.6 Å². The van der Waals surface area contributed by atoms with Crippen LogP contribution in [0.15, 0.2) is 65.5 Å². The summed E-state index contributed by atoms with van der Waals surface area (Å²) in [5.74, 6) is 0.963. The maximum absolute atomic E-state index is 13.7. The molecule has 7 nitrogen and oxygen atoms in total. The number of rotatable bonds is 13. The molecule has 220 valence electrons. The number of ether oxygens (including phenoxy) is 1. The van der Waals surface area contributed by atoms with Crippen molar-refractivity contribution >= 4 is 23.2 Å². The van der Waals surface area contributed by atoms with Crippen LogP contribution in [0.1, 0.15) is 69.7 Å². The molecule has 0 saturated heterocycles. The van der Waals surface area contributed by atoms with E-state index in [1.807, 2.05) is 80.7 Å². The van der Waals surface area contributed by atoms with E-state index in [4.69, 9.17) is 4.74 Å². The lowest BCUT2D eigenvalue weighted by molar-refractivity contribution is -0.130. The van der Waals surface area contributed by atoms with E-state index in [2.05, 4.69) is 20.9 Å². The van der Waals surface area contributed by atoms with Crippen LogP contribution < -0.4 is 20.7 Å². The summed E-state index contributed by atoms with van der Waals surface area (Å²) >= 11 is 1.52. The molecule has 2 aromatic carbocycles. The first-order valence-corrected chi connectivity index (χ1v) is 15.7. The topological polar surface area (TPSA) is 92.4 Å². The van der Waals surface area contributed by atoms with Gasteiger partial charge in [0.2, 0.25) is 11.8 Å². The lowest BCUT2D eigenvalue weighted by Gasteiger charge is -2.28. The van der Waals surface area contributed by atoms with Crippen LogP contribution in [-0.2, 0) is 29.0 Å². The predicted molar refractivity (Wildman–Crippen MR) is 165 cm³/mol. The van der Waals surface area contributed by atoms with E-state index in [1.54, 1.807) is 5.51 Å². The summed E-state index contributed by atoms with van der Waals surface area (Å²) in [6.45, 7) is 7.12. The quantitative estimate of drug-likeness (QED) is 0.252. The minimum Gasteiger partial charge on any atom is -0.489 e. The second-order valence-electron chi connectivity index (χ2n) is 12.1. The molecule has 41 heavy (non-hydrogen) atoms. The molecule has 0 radical (unpaired) electrons. The number of benzene rings is 2. The lowest BCUT2D eigenvalue weighted by Crippen LogP contribution is -2.57. The minimum atomic E-state index is -0.716. The molecule has 0 spiro atoms. The van der Waals surface area contributed by atoms with Gasteiger partial charge in [0.05, 0.1) is 17.2 Å². The number of carbonyl (C=O) groups is 2. The first-order valence-electron chi connectivity index (χ1n) is 14.7. The molecule has 3 aromatic rings. The fraction of sp³-hybridized carbons (Fsp3) is 0.485. The SMILES string of the molecule is CC(C)(C)NC(=O)C(Cc1ccc(OCc2ccccc2)cc1)NC(=O)C(Cc1cscn1)NCC1CCCCC1. The van der Waals surface area contributed by atoms with Crippen LogP contribution in [0.2, 0.25) is 0 Å². The number of nitrogens with one attached hydrogen (secondary N) is 3. The van der Waals surface area contributed by atoms with Crippen molar-refractivity contribution in [1.82, 2.24) is 20.9 Å². The second kappa shape index (κ2) is 15.1. The molecule has 2 amide bonds. The molecular weight excluding hydrogens is 532 g/mol. The highest BCUT2D eigenvalue weighted by Gasteiger charge is 2.29. The Kier molecular flexibility index (Phi) is 11.3. The second-order valence-corrected chi connectivity index (χ2v) is 12.8. The maximum Gasteiger partial charge on any atom is 0.243 e. The fourth-order valence-corrected chi connectivity index (χ4v) is 5.71. The largest absolute Gasteiger partial charge is 0.489 e. The van der Waals surface area contributed by atoms with Crippen LogP contribution >= 0.6 is 11.3 Å². The third kappa shape index (κ3) is 10.6. The molecule has 0 aliphatic heterocycles. The first kappa shape index (κ1) is 30.7. The third-order valence-electron chi connectivity index (χ3n) is 7.33. The number of amides is 2. The van der Waals surface area contributed by atoms with Crippen LogP contribution in [0.5, 0.6) is 5.75 Å². The van der Waals surface area contributed by atoms with E-state index in [1.165, 1.54) is 43.4 Å². The Morgan fingerprint density at radius 3 is 2.32 bits per heavy atom. The molecule has 1 heterocycles. The smallest absolute Gasteiger partial charge is 0.243 e. The number of aromatic nitrogens is 1. The summed E-state index contributed by atoms with van der Waals surface area (Å²) in [5, 5.41) is 11.6. The monoisotopic (exact) mass is 576 g/mol. The molecule has 2 unspecified atom stereocenters. The molecule has 1 saturated carbocycles. The van der Waals surface area contributed by atoms with Gasteiger partial charge in [-0.3, -0.25) is 9.59 Å². The van der Waals surface area contributed by atoms with Crippen molar-refractivity contribution in [2.24, 2.45) is 5.92 Å². The van der Waals surface area contributed by atoms with Gasteiger partial charge in [-0.05, 0) is 69.3 Å². The van der Waals surface area contributed by atoms with Crippen molar-refractivity contribution in [3.63, 3.8) is 0 Å². The highest BCUT2D eigenvalue weighted by atomic mass is 32.1.